The van der Waals surface area contributed by atoms with Crippen molar-refractivity contribution in [2.45, 2.75) is 44.9 Å². The van der Waals surface area contributed by atoms with Gasteiger partial charge in [0.05, 0.1) is 12.7 Å². The second-order valence-electron chi connectivity index (χ2n) is 6.90. The number of ether oxygens (including phenoxy) is 2. The molecule has 0 fully saturated rings. The van der Waals surface area contributed by atoms with Crippen molar-refractivity contribution in [2.24, 2.45) is 0 Å². The van der Waals surface area contributed by atoms with Crippen LogP contribution >= 0.6 is 11.3 Å². The van der Waals surface area contributed by atoms with E-state index in [0.29, 0.717) is 17.0 Å². The van der Waals surface area contributed by atoms with E-state index >= 15 is 0 Å². The number of carbonyl (C=O) groups excluding carboxylic acids is 2. The van der Waals surface area contributed by atoms with Gasteiger partial charge in [-0.1, -0.05) is 24.6 Å². The van der Waals surface area contributed by atoms with Crippen LogP contribution < -0.4 is 10.1 Å². The van der Waals surface area contributed by atoms with Gasteiger partial charge in [0.25, 0.3) is 5.91 Å². The largest absolute Gasteiger partial charge is 0.496 e. The molecule has 0 radical (unpaired) electrons. The number of hydrogen-bond acceptors (Lipinski definition) is 6. The average Bonchev–Trinajstić information content (AvgIpc) is 2.89. The van der Waals surface area contributed by atoms with Gasteiger partial charge in [0, 0.05) is 11.3 Å². The number of rotatable bonds is 7. The van der Waals surface area contributed by atoms with E-state index in [9.17, 15) is 14.9 Å². The molecule has 0 atom stereocenters. The number of nitrogens with one attached hydrogen (secondary N) is 1. The minimum atomic E-state index is -0.450. The van der Waals surface area contributed by atoms with E-state index in [1.165, 1.54) is 22.6 Å². The minimum Gasteiger partial charge on any atom is -0.496 e. The molecule has 1 aromatic carbocycles. The van der Waals surface area contributed by atoms with Crippen LogP contribution in [0.1, 0.15) is 47.3 Å². The zero-order valence-electron chi connectivity index (χ0n) is 16.5. The number of nitriles is 1. The lowest BCUT2D eigenvalue weighted by molar-refractivity contribution is -0.147. The highest BCUT2D eigenvalue weighted by atomic mass is 32.1. The molecule has 1 N–H and O–H groups in total. The number of anilines is 1. The summed E-state index contributed by atoms with van der Waals surface area (Å²) in [5.41, 5.74) is 2.54. The fourth-order valence-corrected chi connectivity index (χ4v) is 4.73. The van der Waals surface area contributed by atoms with Crippen LogP contribution in [0.25, 0.3) is 0 Å². The Morgan fingerprint density at radius 2 is 2.00 bits per heavy atom. The SMILES string of the molecule is COc1ccccc1CCC(=O)OCC(=O)Nc1sc2c(c1C#N)CCCCC2. The van der Waals surface area contributed by atoms with Gasteiger partial charge in [0.2, 0.25) is 0 Å². The molecule has 0 spiro atoms. The smallest absolute Gasteiger partial charge is 0.306 e. The van der Waals surface area contributed by atoms with Crippen LogP contribution in [0, 0.1) is 11.3 Å². The standard InChI is InChI=1S/C22H24N2O4S/c1-27-18-9-6-5-7-15(18)11-12-21(26)28-14-20(25)24-22-17(13-23)16-8-3-2-4-10-19(16)29-22/h5-7,9H,2-4,8,10-12,14H2,1H3,(H,24,25). The van der Waals surface area contributed by atoms with E-state index in [2.05, 4.69) is 11.4 Å². The third-order valence-corrected chi connectivity index (χ3v) is 6.15. The molecule has 0 saturated carbocycles. The molecule has 2 aromatic rings. The molecule has 0 unspecified atom stereocenters. The van der Waals surface area contributed by atoms with Crippen molar-refractivity contribution >= 4 is 28.2 Å². The van der Waals surface area contributed by atoms with Crippen molar-refractivity contribution < 1.29 is 19.1 Å². The summed E-state index contributed by atoms with van der Waals surface area (Å²) in [6.45, 7) is -0.363. The summed E-state index contributed by atoms with van der Waals surface area (Å²) in [5, 5.41) is 12.8. The number of nitrogens with zero attached hydrogens (tertiary/aromatic N) is 1. The number of amides is 1. The Labute approximate surface area is 174 Å². The normalized spacial score (nSPS) is 13.0. The van der Waals surface area contributed by atoms with Gasteiger partial charge < -0.3 is 14.8 Å². The average molecular weight is 413 g/mol. The lowest BCUT2D eigenvalue weighted by Gasteiger charge is -2.08. The number of carbonyl (C=O) groups is 2. The number of methoxy groups -OCH3 is 1. The molecule has 1 amide bonds. The van der Waals surface area contributed by atoms with Crippen molar-refractivity contribution in [1.29, 1.82) is 5.26 Å². The quantitative estimate of drug-likeness (QED) is 0.548. The Kier molecular flexibility index (Phi) is 7.25. The highest BCUT2D eigenvalue weighted by molar-refractivity contribution is 7.16. The van der Waals surface area contributed by atoms with Crippen molar-refractivity contribution in [2.75, 3.05) is 19.0 Å². The molecule has 3 rings (SSSR count). The van der Waals surface area contributed by atoms with Gasteiger partial charge in [-0.15, -0.1) is 11.3 Å². The zero-order valence-corrected chi connectivity index (χ0v) is 17.3. The Balaban J connectivity index is 1.51. The first-order valence-corrected chi connectivity index (χ1v) is 10.6. The molecular weight excluding hydrogens is 388 g/mol. The van der Waals surface area contributed by atoms with Crippen molar-refractivity contribution in [1.82, 2.24) is 0 Å². The van der Waals surface area contributed by atoms with Crippen LogP contribution in [0.3, 0.4) is 0 Å². The third kappa shape index (κ3) is 5.36. The van der Waals surface area contributed by atoms with Crippen LogP contribution in [-0.4, -0.2) is 25.6 Å². The molecular formula is C22H24N2O4S. The highest BCUT2D eigenvalue weighted by Crippen LogP contribution is 2.36. The maximum absolute atomic E-state index is 12.2. The Morgan fingerprint density at radius 3 is 2.79 bits per heavy atom. The number of fused-ring (bicyclic) bond motifs is 1. The molecule has 1 aromatic heterocycles. The van der Waals surface area contributed by atoms with Gasteiger partial charge in [0.15, 0.2) is 6.61 Å². The van der Waals surface area contributed by atoms with E-state index in [-0.39, 0.29) is 13.0 Å². The molecule has 7 heteroatoms. The van der Waals surface area contributed by atoms with Gasteiger partial charge in [-0.3, -0.25) is 9.59 Å². The van der Waals surface area contributed by atoms with Crippen molar-refractivity contribution in [3.05, 3.63) is 45.8 Å². The Hall–Kier alpha value is -2.85. The maximum atomic E-state index is 12.2. The summed E-state index contributed by atoms with van der Waals surface area (Å²) in [4.78, 5) is 25.4. The number of hydrogen-bond donors (Lipinski definition) is 1. The van der Waals surface area contributed by atoms with E-state index in [0.717, 1.165) is 42.6 Å². The first-order valence-electron chi connectivity index (χ1n) is 9.74. The summed E-state index contributed by atoms with van der Waals surface area (Å²) in [6, 6.07) is 9.70. The molecule has 1 aliphatic carbocycles. The van der Waals surface area contributed by atoms with E-state index in [4.69, 9.17) is 9.47 Å². The van der Waals surface area contributed by atoms with E-state index in [1.54, 1.807) is 7.11 Å². The Morgan fingerprint density at radius 1 is 1.21 bits per heavy atom. The minimum absolute atomic E-state index is 0.157. The summed E-state index contributed by atoms with van der Waals surface area (Å²) < 4.78 is 10.4. The van der Waals surface area contributed by atoms with Crippen LogP contribution in [0.15, 0.2) is 24.3 Å². The van der Waals surface area contributed by atoms with Gasteiger partial charge >= 0.3 is 5.97 Å². The first kappa shape index (κ1) is 20.9. The number of aryl methyl sites for hydroxylation is 2. The monoisotopic (exact) mass is 412 g/mol. The fourth-order valence-electron chi connectivity index (χ4n) is 3.48. The predicted molar refractivity (Wildman–Crippen MR) is 111 cm³/mol. The summed E-state index contributed by atoms with van der Waals surface area (Å²) in [5.74, 6) is -0.156. The number of benzene rings is 1. The number of esters is 1. The summed E-state index contributed by atoms with van der Waals surface area (Å²) in [7, 11) is 1.58. The number of para-hydroxylation sites is 1. The predicted octanol–water partition coefficient (Wildman–Crippen LogP) is 4.01. The van der Waals surface area contributed by atoms with Crippen molar-refractivity contribution in [3.63, 3.8) is 0 Å². The first-order chi connectivity index (χ1) is 14.1. The molecule has 1 heterocycles. The molecule has 0 saturated heterocycles. The van der Waals surface area contributed by atoms with Crippen LogP contribution in [0.5, 0.6) is 5.75 Å². The van der Waals surface area contributed by atoms with Crippen molar-refractivity contribution in [3.8, 4) is 11.8 Å². The third-order valence-electron chi connectivity index (χ3n) is 4.94. The molecule has 0 aliphatic heterocycles. The lowest BCUT2D eigenvalue weighted by atomic mass is 10.1. The van der Waals surface area contributed by atoms with E-state index < -0.39 is 11.9 Å². The highest BCUT2D eigenvalue weighted by Gasteiger charge is 2.21. The second-order valence-corrected chi connectivity index (χ2v) is 8.01. The fraction of sp³-hybridized carbons (Fsp3) is 0.409. The summed E-state index contributed by atoms with van der Waals surface area (Å²) in [6.07, 6.45) is 5.79. The maximum Gasteiger partial charge on any atom is 0.306 e. The topological polar surface area (TPSA) is 88.4 Å². The molecule has 152 valence electrons. The van der Waals surface area contributed by atoms with Crippen LogP contribution in [-0.2, 0) is 33.6 Å². The van der Waals surface area contributed by atoms with Crippen LogP contribution in [0.2, 0.25) is 0 Å². The van der Waals surface area contributed by atoms with Gasteiger partial charge in [-0.05, 0) is 49.3 Å². The van der Waals surface area contributed by atoms with Gasteiger partial charge in [-0.25, -0.2) is 0 Å². The Bertz CT molecular complexity index is 929. The van der Waals surface area contributed by atoms with Gasteiger partial charge in [0.1, 0.15) is 16.8 Å². The molecule has 0 bridgehead atoms. The molecule has 29 heavy (non-hydrogen) atoms. The second kappa shape index (κ2) is 10.1. The summed E-state index contributed by atoms with van der Waals surface area (Å²) >= 11 is 1.47. The zero-order chi connectivity index (χ0) is 20.6. The van der Waals surface area contributed by atoms with Gasteiger partial charge in [-0.2, -0.15) is 5.26 Å². The molecule has 1 aliphatic rings. The van der Waals surface area contributed by atoms with Crippen LogP contribution in [0.4, 0.5) is 5.00 Å². The lowest BCUT2D eigenvalue weighted by Crippen LogP contribution is -2.21. The van der Waals surface area contributed by atoms with E-state index in [1.807, 2.05) is 24.3 Å². The molecule has 6 nitrogen and oxygen atoms in total. The number of thiophene rings is 1.